The Hall–Kier alpha value is -1.23. The molecule has 0 spiro atoms. The summed E-state index contributed by atoms with van der Waals surface area (Å²) in [5.74, 6) is 2.04. The normalized spacial score (nSPS) is 10.7. The molecule has 3 N–H and O–H groups in total. The van der Waals surface area contributed by atoms with Gasteiger partial charge in [0, 0.05) is 17.9 Å². The van der Waals surface area contributed by atoms with Gasteiger partial charge >= 0.3 is 0 Å². The molecule has 106 valence electrons. The van der Waals surface area contributed by atoms with Crippen molar-refractivity contribution in [1.82, 2.24) is 0 Å². The van der Waals surface area contributed by atoms with Gasteiger partial charge in [-0.05, 0) is 36.3 Å². The molecule has 0 aliphatic carbocycles. The van der Waals surface area contributed by atoms with Crippen LogP contribution in [0.4, 0.5) is 15.8 Å². The second-order valence-electron chi connectivity index (χ2n) is 4.83. The van der Waals surface area contributed by atoms with E-state index in [0.717, 1.165) is 11.5 Å². The minimum Gasteiger partial charge on any atom is -0.396 e. The van der Waals surface area contributed by atoms with Gasteiger partial charge in [-0.1, -0.05) is 13.8 Å². The maximum absolute atomic E-state index is 12.9. The minimum absolute atomic E-state index is 0.0455. The number of halogens is 1. The third-order valence-electron chi connectivity index (χ3n) is 2.59. The lowest BCUT2D eigenvalue weighted by atomic mass is 10.2. The van der Waals surface area contributed by atoms with Crippen LogP contribution in [0.25, 0.3) is 0 Å². The molecule has 0 aromatic heterocycles. The van der Waals surface area contributed by atoms with Crippen molar-refractivity contribution in [3.8, 4) is 0 Å². The first kappa shape index (κ1) is 15.8. The van der Waals surface area contributed by atoms with Crippen molar-refractivity contribution in [2.45, 2.75) is 26.7 Å². The lowest BCUT2D eigenvalue weighted by Crippen LogP contribution is -2.12. The third-order valence-corrected chi connectivity index (χ3v) is 3.61. The predicted molar refractivity (Wildman–Crippen MR) is 80.8 cm³/mol. The van der Waals surface area contributed by atoms with E-state index in [1.807, 2.05) is 0 Å². The van der Waals surface area contributed by atoms with E-state index in [9.17, 15) is 9.18 Å². The summed E-state index contributed by atoms with van der Waals surface area (Å²) >= 11 is 1.78. The van der Waals surface area contributed by atoms with Gasteiger partial charge in [0.1, 0.15) is 5.82 Å². The number of hydrogen-bond donors (Lipinski definition) is 2. The number of nitrogen functional groups attached to an aromatic ring is 1. The van der Waals surface area contributed by atoms with Crippen molar-refractivity contribution in [1.29, 1.82) is 0 Å². The SMILES string of the molecule is CC(C)CCSCCC(=O)Nc1ccc(F)c(N)c1. The summed E-state index contributed by atoms with van der Waals surface area (Å²) in [4.78, 5) is 11.6. The van der Waals surface area contributed by atoms with Crippen LogP contribution in [0.2, 0.25) is 0 Å². The summed E-state index contributed by atoms with van der Waals surface area (Å²) in [5.41, 5.74) is 6.02. The summed E-state index contributed by atoms with van der Waals surface area (Å²) < 4.78 is 12.9. The van der Waals surface area contributed by atoms with Crippen LogP contribution in [0.3, 0.4) is 0 Å². The molecule has 0 aliphatic heterocycles. The van der Waals surface area contributed by atoms with Gasteiger partial charge in [0.2, 0.25) is 5.91 Å². The summed E-state index contributed by atoms with van der Waals surface area (Å²) in [5, 5.41) is 2.71. The number of rotatable bonds is 7. The van der Waals surface area contributed by atoms with Crippen molar-refractivity contribution in [2.75, 3.05) is 22.6 Å². The summed E-state index contributed by atoms with van der Waals surface area (Å²) in [6, 6.07) is 4.19. The summed E-state index contributed by atoms with van der Waals surface area (Å²) in [6.45, 7) is 4.37. The van der Waals surface area contributed by atoms with Crippen molar-refractivity contribution in [3.05, 3.63) is 24.0 Å². The lowest BCUT2D eigenvalue weighted by molar-refractivity contribution is -0.115. The number of amides is 1. The molecule has 0 saturated heterocycles. The van der Waals surface area contributed by atoms with Crippen LogP contribution < -0.4 is 11.1 Å². The largest absolute Gasteiger partial charge is 0.396 e. The molecular formula is C14H21FN2OS. The van der Waals surface area contributed by atoms with Crippen LogP contribution in [-0.4, -0.2) is 17.4 Å². The van der Waals surface area contributed by atoms with Crippen molar-refractivity contribution in [3.63, 3.8) is 0 Å². The highest BCUT2D eigenvalue weighted by atomic mass is 32.2. The van der Waals surface area contributed by atoms with Crippen LogP contribution in [0.5, 0.6) is 0 Å². The van der Waals surface area contributed by atoms with E-state index in [4.69, 9.17) is 5.73 Å². The van der Waals surface area contributed by atoms with Gasteiger partial charge in [0.15, 0.2) is 0 Å². The van der Waals surface area contributed by atoms with Crippen LogP contribution in [0.1, 0.15) is 26.7 Å². The van der Waals surface area contributed by atoms with E-state index < -0.39 is 5.82 Å². The zero-order chi connectivity index (χ0) is 14.3. The highest BCUT2D eigenvalue weighted by molar-refractivity contribution is 7.99. The zero-order valence-corrected chi connectivity index (χ0v) is 12.2. The first-order valence-electron chi connectivity index (χ1n) is 6.41. The number of anilines is 2. The minimum atomic E-state index is -0.470. The third kappa shape index (κ3) is 6.47. The summed E-state index contributed by atoms with van der Waals surface area (Å²) in [7, 11) is 0. The molecular weight excluding hydrogens is 263 g/mol. The van der Waals surface area contributed by atoms with E-state index >= 15 is 0 Å². The Bertz CT molecular complexity index is 424. The average molecular weight is 284 g/mol. The topological polar surface area (TPSA) is 55.1 Å². The quantitative estimate of drug-likeness (QED) is 0.595. The molecule has 19 heavy (non-hydrogen) atoms. The fraction of sp³-hybridized carbons (Fsp3) is 0.500. The molecule has 1 rings (SSSR count). The smallest absolute Gasteiger partial charge is 0.225 e. The number of thioether (sulfide) groups is 1. The Morgan fingerprint density at radius 1 is 1.42 bits per heavy atom. The number of carbonyl (C=O) groups excluding carboxylic acids is 1. The van der Waals surface area contributed by atoms with Crippen LogP contribution in [-0.2, 0) is 4.79 Å². The molecule has 0 aliphatic rings. The molecule has 0 atom stereocenters. The molecule has 1 aromatic rings. The van der Waals surface area contributed by atoms with Gasteiger partial charge in [-0.25, -0.2) is 4.39 Å². The second kappa shape index (κ2) is 8.04. The van der Waals surface area contributed by atoms with Gasteiger partial charge in [0.25, 0.3) is 0 Å². The monoisotopic (exact) mass is 284 g/mol. The number of carbonyl (C=O) groups is 1. The van der Waals surface area contributed by atoms with Crippen molar-refractivity contribution >= 4 is 29.0 Å². The molecule has 0 bridgehead atoms. The summed E-state index contributed by atoms with van der Waals surface area (Å²) in [6.07, 6.45) is 1.63. The van der Waals surface area contributed by atoms with E-state index in [0.29, 0.717) is 18.0 Å². The number of nitrogens with two attached hydrogens (primary N) is 1. The number of benzene rings is 1. The molecule has 1 amide bonds. The Balaban J connectivity index is 2.25. The average Bonchev–Trinajstić information content (AvgIpc) is 2.33. The predicted octanol–water partition coefficient (Wildman–Crippen LogP) is 3.52. The fourth-order valence-corrected chi connectivity index (χ4v) is 2.60. The highest BCUT2D eigenvalue weighted by Gasteiger charge is 2.05. The molecule has 0 heterocycles. The molecule has 3 nitrogen and oxygen atoms in total. The molecule has 0 saturated carbocycles. The lowest BCUT2D eigenvalue weighted by Gasteiger charge is -2.07. The Kier molecular flexibility index (Phi) is 6.70. The highest BCUT2D eigenvalue weighted by Crippen LogP contribution is 2.17. The maximum Gasteiger partial charge on any atom is 0.225 e. The molecule has 0 unspecified atom stereocenters. The van der Waals surface area contributed by atoms with Gasteiger partial charge in [-0.15, -0.1) is 0 Å². The maximum atomic E-state index is 12.9. The van der Waals surface area contributed by atoms with Crippen molar-refractivity contribution in [2.24, 2.45) is 5.92 Å². The standard InChI is InChI=1S/C14H21FN2OS/c1-10(2)5-7-19-8-6-14(18)17-11-3-4-12(15)13(16)9-11/h3-4,9-10H,5-8,16H2,1-2H3,(H,17,18). The van der Waals surface area contributed by atoms with Gasteiger partial charge in [-0.3, -0.25) is 4.79 Å². The molecule has 1 aromatic carbocycles. The van der Waals surface area contributed by atoms with E-state index in [2.05, 4.69) is 19.2 Å². The zero-order valence-electron chi connectivity index (χ0n) is 11.4. The number of hydrogen-bond acceptors (Lipinski definition) is 3. The first-order chi connectivity index (χ1) is 8.99. The van der Waals surface area contributed by atoms with Crippen LogP contribution in [0, 0.1) is 11.7 Å². The van der Waals surface area contributed by atoms with Gasteiger partial charge in [0.05, 0.1) is 5.69 Å². The van der Waals surface area contributed by atoms with Crippen molar-refractivity contribution < 1.29 is 9.18 Å². The molecule has 0 fully saturated rings. The Labute approximate surface area is 118 Å². The van der Waals surface area contributed by atoms with Gasteiger partial charge < -0.3 is 11.1 Å². The first-order valence-corrected chi connectivity index (χ1v) is 7.57. The van der Waals surface area contributed by atoms with Crippen LogP contribution >= 0.6 is 11.8 Å². The molecule has 5 heteroatoms. The van der Waals surface area contributed by atoms with E-state index in [-0.39, 0.29) is 11.6 Å². The van der Waals surface area contributed by atoms with Gasteiger partial charge in [-0.2, -0.15) is 11.8 Å². The number of nitrogens with one attached hydrogen (secondary N) is 1. The van der Waals surface area contributed by atoms with E-state index in [1.165, 1.54) is 24.6 Å². The Morgan fingerprint density at radius 3 is 2.79 bits per heavy atom. The molecule has 0 radical (unpaired) electrons. The fourth-order valence-electron chi connectivity index (χ4n) is 1.43. The second-order valence-corrected chi connectivity index (χ2v) is 6.05. The van der Waals surface area contributed by atoms with E-state index in [1.54, 1.807) is 11.8 Å². The Morgan fingerprint density at radius 2 is 2.16 bits per heavy atom. The van der Waals surface area contributed by atoms with Crippen LogP contribution in [0.15, 0.2) is 18.2 Å².